The summed E-state index contributed by atoms with van der Waals surface area (Å²) in [6.07, 6.45) is -2.86. The Labute approximate surface area is 281 Å². The molecule has 0 saturated heterocycles. The van der Waals surface area contributed by atoms with Gasteiger partial charge in [0, 0.05) is 17.1 Å². The lowest BCUT2D eigenvalue weighted by Gasteiger charge is -2.26. The maximum atomic E-state index is 13.0. The summed E-state index contributed by atoms with van der Waals surface area (Å²) in [5.41, 5.74) is 29.8. The van der Waals surface area contributed by atoms with Gasteiger partial charge in [-0.2, -0.15) is 0 Å². The largest absolute Gasteiger partial charge is 0.490 e. The van der Waals surface area contributed by atoms with E-state index in [2.05, 4.69) is 26.6 Å². The summed E-state index contributed by atoms with van der Waals surface area (Å²) >= 11 is 5.93. The number of amides is 5. The number of aliphatic hydroxyl groups is 1. The minimum absolute atomic E-state index is 0.0581. The van der Waals surface area contributed by atoms with Crippen LogP contribution in [0.4, 0.5) is 0 Å². The van der Waals surface area contributed by atoms with Crippen molar-refractivity contribution in [2.75, 3.05) is 13.1 Å². The molecule has 18 N–H and O–H groups in total. The molecule has 0 bridgehead atoms. The Morgan fingerprint density at radius 3 is 1.79 bits per heavy atom. The SMILES string of the molecule is NCCCCC(NC(=O)C(N)NC(=O)C(NC(=O)C(CN)NC(=O)c1ccc(-c2ccc(Cl)cc2)cc1)C(N)O)C(=O)NC(N)B(O)O. The molecular weight excluding hydrogens is 651 g/mol. The minimum Gasteiger partial charge on any atom is -0.425 e. The molecule has 0 heterocycles. The molecule has 262 valence electrons. The van der Waals surface area contributed by atoms with Crippen LogP contribution in [0.3, 0.4) is 0 Å². The van der Waals surface area contributed by atoms with E-state index in [9.17, 15) is 29.1 Å². The molecule has 0 spiro atoms. The van der Waals surface area contributed by atoms with Crippen molar-refractivity contribution in [2.24, 2.45) is 28.7 Å². The third-order valence-electron chi connectivity index (χ3n) is 6.89. The summed E-state index contributed by atoms with van der Waals surface area (Å²) in [6.45, 7) is -0.101. The van der Waals surface area contributed by atoms with E-state index in [-0.39, 0.29) is 12.0 Å². The van der Waals surface area contributed by atoms with Crippen LogP contribution in [0, 0.1) is 0 Å². The standard InChI is InChI=1S/C28H42BClN10O8/c30-17-10-8-15(9-11-17)14-4-6-16(7-5-14)23(42)37-19(13-32)25(44)38-20(22(34)41)26(45)39-21(33)27(46)36-18(3-1-2-12-31)24(43)40-28(35)29(47)48/h4-11,18-22,28,41,47-48H,1-3,12-13,31-35H2,(H,36,46)(H,37,42)(H,38,44)(H,39,45)(H,40,43). The minimum atomic E-state index is -2.08. The first kappa shape index (κ1) is 40.0. The zero-order valence-electron chi connectivity index (χ0n) is 25.8. The van der Waals surface area contributed by atoms with Crippen LogP contribution in [-0.4, -0.2) is 101 Å². The van der Waals surface area contributed by atoms with Gasteiger partial charge in [-0.1, -0.05) is 35.9 Å². The lowest BCUT2D eigenvalue weighted by atomic mass is 9.86. The molecular formula is C28H42BClN10O8. The van der Waals surface area contributed by atoms with Gasteiger partial charge in [-0.3, -0.25) is 24.0 Å². The summed E-state index contributed by atoms with van der Waals surface area (Å²) in [5.74, 6) is -4.74. The number of carbonyl (C=O) groups is 5. The zero-order valence-corrected chi connectivity index (χ0v) is 26.6. The van der Waals surface area contributed by atoms with Gasteiger partial charge >= 0.3 is 7.12 Å². The van der Waals surface area contributed by atoms with Crippen molar-refractivity contribution >= 4 is 48.3 Å². The number of carbonyl (C=O) groups excluding carboxylic acids is 5. The van der Waals surface area contributed by atoms with E-state index in [0.29, 0.717) is 24.4 Å². The summed E-state index contributed by atoms with van der Waals surface area (Å²) in [5, 5.41) is 40.0. The van der Waals surface area contributed by atoms with Crippen LogP contribution in [-0.2, 0) is 19.2 Å². The first-order chi connectivity index (χ1) is 22.7. The fourth-order valence-corrected chi connectivity index (χ4v) is 4.29. The van der Waals surface area contributed by atoms with Gasteiger partial charge in [0.25, 0.3) is 11.8 Å². The summed E-state index contributed by atoms with van der Waals surface area (Å²) < 4.78 is 0. The molecule has 0 aromatic heterocycles. The predicted molar refractivity (Wildman–Crippen MR) is 177 cm³/mol. The van der Waals surface area contributed by atoms with Crippen LogP contribution in [0.1, 0.15) is 29.6 Å². The van der Waals surface area contributed by atoms with Crippen molar-refractivity contribution in [3.05, 3.63) is 59.1 Å². The van der Waals surface area contributed by atoms with Gasteiger partial charge in [-0.15, -0.1) is 0 Å². The highest BCUT2D eigenvalue weighted by Crippen LogP contribution is 2.22. The molecule has 0 saturated carbocycles. The second kappa shape index (κ2) is 19.6. The van der Waals surface area contributed by atoms with Gasteiger partial charge in [0.15, 0.2) is 6.17 Å². The lowest BCUT2D eigenvalue weighted by molar-refractivity contribution is -0.135. The van der Waals surface area contributed by atoms with Gasteiger partial charge in [0.1, 0.15) is 30.4 Å². The van der Waals surface area contributed by atoms with Gasteiger partial charge in [-0.25, -0.2) is 0 Å². The summed E-state index contributed by atoms with van der Waals surface area (Å²) in [4.78, 5) is 64.0. The first-order valence-corrected chi connectivity index (χ1v) is 15.2. The van der Waals surface area contributed by atoms with Crippen LogP contribution in [0.15, 0.2) is 48.5 Å². The third kappa shape index (κ3) is 12.5. The maximum Gasteiger partial charge on any atom is 0.490 e. The molecule has 20 heteroatoms. The normalized spacial score (nSPS) is 14.7. The van der Waals surface area contributed by atoms with Crippen molar-refractivity contribution in [3.63, 3.8) is 0 Å². The lowest BCUT2D eigenvalue weighted by Crippen LogP contribution is -2.65. The fourth-order valence-electron chi connectivity index (χ4n) is 4.16. The number of hydrogen-bond acceptors (Lipinski definition) is 13. The molecule has 2 rings (SSSR count). The molecule has 0 aliphatic heterocycles. The van der Waals surface area contributed by atoms with Crippen LogP contribution < -0.4 is 55.3 Å². The number of halogens is 1. The Morgan fingerprint density at radius 2 is 1.27 bits per heavy atom. The van der Waals surface area contributed by atoms with Crippen molar-refractivity contribution in [2.45, 2.75) is 55.8 Å². The van der Waals surface area contributed by atoms with Gasteiger partial charge in [0.2, 0.25) is 17.7 Å². The molecule has 6 unspecified atom stereocenters. The number of unbranched alkanes of at least 4 members (excludes halogenated alkanes) is 1. The van der Waals surface area contributed by atoms with E-state index in [1.165, 1.54) is 12.1 Å². The van der Waals surface area contributed by atoms with E-state index in [4.69, 9.17) is 50.3 Å². The fraction of sp³-hybridized carbons (Fsp3) is 0.393. The number of nitrogens with one attached hydrogen (secondary N) is 5. The molecule has 0 fully saturated rings. The number of benzene rings is 2. The third-order valence-corrected chi connectivity index (χ3v) is 7.15. The Morgan fingerprint density at radius 1 is 0.708 bits per heavy atom. The number of hydrogen-bond donors (Lipinski definition) is 13. The highest BCUT2D eigenvalue weighted by Gasteiger charge is 2.33. The number of nitrogens with two attached hydrogens (primary N) is 5. The van der Waals surface area contributed by atoms with E-state index < -0.39 is 79.8 Å². The Kier molecular flexibility index (Phi) is 16.3. The summed E-state index contributed by atoms with van der Waals surface area (Å²) in [6, 6.07) is 7.52. The molecule has 6 atom stereocenters. The second-order valence-electron chi connectivity index (χ2n) is 10.6. The van der Waals surface area contributed by atoms with E-state index in [0.717, 1.165) is 11.1 Å². The van der Waals surface area contributed by atoms with Crippen LogP contribution >= 0.6 is 11.6 Å². The Hall–Kier alpha value is -4.18. The molecule has 0 aliphatic carbocycles. The van der Waals surface area contributed by atoms with Crippen LogP contribution in [0.5, 0.6) is 0 Å². The highest BCUT2D eigenvalue weighted by atomic mass is 35.5. The molecule has 2 aromatic carbocycles. The van der Waals surface area contributed by atoms with Gasteiger partial charge in [-0.05, 0) is 61.2 Å². The quantitative estimate of drug-likeness (QED) is 0.0397. The van der Waals surface area contributed by atoms with Gasteiger partial charge in [0.05, 0.1) is 0 Å². The molecule has 48 heavy (non-hydrogen) atoms. The average Bonchev–Trinajstić information content (AvgIpc) is 3.05. The molecule has 0 radical (unpaired) electrons. The molecule has 0 aliphatic rings. The second-order valence-corrected chi connectivity index (χ2v) is 11.0. The van der Waals surface area contributed by atoms with Crippen molar-refractivity contribution in [1.29, 1.82) is 0 Å². The Balaban J connectivity index is 2.03. The Bertz CT molecular complexity index is 1390. The van der Waals surface area contributed by atoms with Crippen LogP contribution in [0.2, 0.25) is 5.02 Å². The van der Waals surface area contributed by atoms with Gasteiger partial charge < -0.3 is 70.4 Å². The molecule has 18 nitrogen and oxygen atoms in total. The highest BCUT2D eigenvalue weighted by molar-refractivity contribution is 6.43. The maximum absolute atomic E-state index is 13.0. The predicted octanol–water partition coefficient (Wildman–Crippen LogP) is -4.75. The zero-order chi connectivity index (χ0) is 36.0. The van der Waals surface area contributed by atoms with Crippen LogP contribution in [0.25, 0.3) is 11.1 Å². The number of rotatable bonds is 18. The van der Waals surface area contributed by atoms with Crippen molar-refractivity contribution in [3.8, 4) is 11.1 Å². The summed E-state index contributed by atoms with van der Waals surface area (Å²) in [7, 11) is -2.08. The first-order valence-electron chi connectivity index (χ1n) is 14.8. The monoisotopic (exact) mass is 692 g/mol. The van der Waals surface area contributed by atoms with E-state index >= 15 is 0 Å². The van der Waals surface area contributed by atoms with Crippen molar-refractivity contribution < 1.29 is 39.1 Å². The molecule has 2 aromatic rings. The molecule has 5 amide bonds. The smallest absolute Gasteiger partial charge is 0.425 e. The number of aliphatic hydroxyl groups excluding tert-OH is 1. The van der Waals surface area contributed by atoms with E-state index in [1.807, 2.05) is 12.1 Å². The van der Waals surface area contributed by atoms with E-state index in [1.54, 1.807) is 24.3 Å². The average molecular weight is 693 g/mol. The van der Waals surface area contributed by atoms with Crippen molar-refractivity contribution in [1.82, 2.24) is 26.6 Å². The topological polar surface area (TPSA) is 336 Å².